The number of likely N-dealkylation sites (N-methyl/N-ethyl adjacent to an activating group) is 1. The lowest BCUT2D eigenvalue weighted by molar-refractivity contribution is -0.151. The van der Waals surface area contributed by atoms with Gasteiger partial charge in [0, 0.05) is 20.1 Å². The summed E-state index contributed by atoms with van der Waals surface area (Å²) in [7, 11) is 1.49. The molecule has 1 heterocycles. The van der Waals surface area contributed by atoms with E-state index in [1.165, 1.54) is 41.1 Å². The van der Waals surface area contributed by atoms with E-state index in [1.807, 2.05) is 0 Å². The summed E-state index contributed by atoms with van der Waals surface area (Å²) in [5.41, 5.74) is -1.25. The molecule has 0 aromatic heterocycles. The predicted octanol–water partition coefficient (Wildman–Crippen LogP) is 1.76. The van der Waals surface area contributed by atoms with Crippen molar-refractivity contribution in [2.75, 3.05) is 26.7 Å². The second-order valence-electron chi connectivity index (χ2n) is 7.24. The lowest BCUT2D eigenvalue weighted by Gasteiger charge is -2.34. The average molecular weight is 380 g/mol. The number of nitrogens with zero attached hydrogens (tertiary/aromatic N) is 2. The van der Waals surface area contributed by atoms with Gasteiger partial charge in [-0.25, -0.2) is 4.39 Å². The molecule has 27 heavy (non-hydrogen) atoms. The Morgan fingerprint density at radius 2 is 1.93 bits per heavy atom. The molecule has 1 aromatic rings. The Kier molecular flexibility index (Phi) is 6.41. The van der Waals surface area contributed by atoms with Gasteiger partial charge in [0.2, 0.25) is 5.91 Å². The molecule has 1 aliphatic rings. The number of hydrogen-bond donors (Lipinski definition) is 1. The molecular formula is C19H25FN2O5. The molecule has 1 fully saturated rings. The normalized spacial score (nSPS) is 17.3. The number of aliphatic carboxylic acids is 1. The minimum atomic E-state index is -1.25. The molecule has 0 saturated carbocycles. The van der Waals surface area contributed by atoms with Crippen LogP contribution < -0.4 is 4.74 Å². The topological polar surface area (TPSA) is 87.2 Å². The van der Waals surface area contributed by atoms with Crippen molar-refractivity contribution in [1.82, 2.24) is 9.80 Å². The molecular weight excluding hydrogens is 355 g/mol. The second-order valence-corrected chi connectivity index (χ2v) is 7.24. The predicted molar refractivity (Wildman–Crippen MR) is 95.7 cm³/mol. The third-order valence-electron chi connectivity index (χ3n) is 4.54. The Morgan fingerprint density at radius 1 is 1.30 bits per heavy atom. The molecule has 2 amide bonds. The van der Waals surface area contributed by atoms with Crippen LogP contribution in [0.1, 0.15) is 26.7 Å². The number of halogens is 1. The highest BCUT2D eigenvalue weighted by atomic mass is 19.1. The summed E-state index contributed by atoms with van der Waals surface area (Å²) >= 11 is 0. The van der Waals surface area contributed by atoms with Crippen LogP contribution in [0.15, 0.2) is 24.3 Å². The zero-order valence-electron chi connectivity index (χ0n) is 15.8. The van der Waals surface area contributed by atoms with E-state index in [0.29, 0.717) is 25.1 Å². The van der Waals surface area contributed by atoms with Gasteiger partial charge in [0.15, 0.2) is 5.60 Å². The van der Waals surface area contributed by atoms with Crippen molar-refractivity contribution in [3.8, 4) is 5.75 Å². The number of carboxylic acid groups (broad SMARTS) is 1. The maximum absolute atomic E-state index is 13.0. The number of benzene rings is 1. The highest BCUT2D eigenvalue weighted by Crippen LogP contribution is 2.21. The lowest BCUT2D eigenvalue weighted by Crippen LogP contribution is -2.52. The van der Waals surface area contributed by atoms with Gasteiger partial charge in [0.25, 0.3) is 5.91 Å². The smallest absolute Gasteiger partial charge is 0.308 e. The van der Waals surface area contributed by atoms with Crippen molar-refractivity contribution in [3.05, 3.63) is 30.1 Å². The number of hydrogen-bond acceptors (Lipinski definition) is 4. The van der Waals surface area contributed by atoms with Gasteiger partial charge in [0.05, 0.1) is 12.5 Å². The average Bonchev–Trinajstić information content (AvgIpc) is 2.62. The first-order valence-corrected chi connectivity index (χ1v) is 8.81. The van der Waals surface area contributed by atoms with Gasteiger partial charge >= 0.3 is 5.97 Å². The second kappa shape index (κ2) is 8.37. The zero-order valence-corrected chi connectivity index (χ0v) is 15.8. The molecule has 148 valence electrons. The monoisotopic (exact) mass is 380 g/mol. The van der Waals surface area contributed by atoms with Gasteiger partial charge in [0.1, 0.15) is 11.6 Å². The molecule has 1 unspecified atom stereocenters. The fraction of sp³-hybridized carbons (Fsp3) is 0.526. The maximum Gasteiger partial charge on any atom is 0.308 e. The van der Waals surface area contributed by atoms with Gasteiger partial charge in [-0.1, -0.05) is 0 Å². The van der Waals surface area contributed by atoms with Gasteiger partial charge in [-0.2, -0.15) is 0 Å². The van der Waals surface area contributed by atoms with Crippen LogP contribution in [-0.2, 0) is 14.4 Å². The summed E-state index contributed by atoms with van der Waals surface area (Å²) in [5.74, 6) is -2.25. The van der Waals surface area contributed by atoms with E-state index in [2.05, 4.69) is 0 Å². The summed E-state index contributed by atoms with van der Waals surface area (Å²) in [5, 5.41) is 9.13. The zero-order chi connectivity index (χ0) is 20.2. The first-order chi connectivity index (χ1) is 12.6. The van der Waals surface area contributed by atoms with E-state index in [4.69, 9.17) is 9.84 Å². The number of rotatable bonds is 6. The number of carbonyl (C=O) groups is 3. The SMILES string of the molecule is CN(CC(=O)N1CCCC(C(=O)O)C1)C(=O)C(C)(C)Oc1ccc(F)cc1. The summed E-state index contributed by atoms with van der Waals surface area (Å²) in [6.45, 7) is 3.62. The van der Waals surface area contributed by atoms with Crippen LogP contribution in [0.2, 0.25) is 0 Å². The molecule has 0 spiro atoms. The number of piperidine rings is 1. The van der Waals surface area contributed by atoms with Crippen LogP contribution in [0.5, 0.6) is 5.75 Å². The highest BCUT2D eigenvalue weighted by molar-refractivity contribution is 5.89. The third-order valence-corrected chi connectivity index (χ3v) is 4.54. The first-order valence-electron chi connectivity index (χ1n) is 8.81. The van der Waals surface area contributed by atoms with E-state index in [9.17, 15) is 18.8 Å². The van der Waals surface area contributed by atoms with Crippen LogP contribution in [0.25, 0.3) is 0 Å². The Bertz CT molecular complexity index is 705. The van der Waals surface area contributed by atoms with Crippen molar-refractivity contribution >= 4 is 17.8 Å². The molecule has 1 saturated heterocycles. The third kappa shape index (κ3) is 5.42. The lowest BCUT2D eigenvalue weighted by atomic mass is 9.98. The Balaban J connectivity index is 1.95. The van der Waals surface area contributed by atoms with Gasteiger partial charge < -0.3 is 19.6 Å². The fourth-order valence-corrected chi connectivity index (χ4v) is 3.08. The van der Waals surface area contributed by atoms with Gasteiger partial charge in [-0.05, 0) is 51.0 Å². The summed E-state index contributed by atoms with van der Waals surface area (Å²) in [4.78, 5) is 39.0. The molecule has 0 aliphatic carbocycles. The number of amides is 2. The van der Waals surface area contributed by atoms with E-state index < -0.39 is 29.2 Å². The number of carboxylic acids is 1. The van der Waals surface area contributed by atoms with Crippen molar-refractivity contribution in [1.29, 1.82) is 0 Å². The van der Waals surface area contributed by atoms with E-state index >= 15 is 0 Å². The van der Waals surface area contributed by atoms with Crippen LogP contribution >= 0.6 is 0 Å². The van der Waals surface area contributed by atoms with E-state index in [1.54, 1.807) is 13.8 Å². The summed E-state index contributed by atoms with van der Waals surface area (Å²) in [6, 6.07) is 5.32. The summed E-state index contributed by atoms with van der Waals surface area (Å²) < 4.78 is 18.6. The Morgan fingerprint density at radius 3 is 2.52 bits per heavy atom. The van der Waals surface area contributed by atoms with Crippen LogP contribution in [0, 0.1) is 11.7 Å². The van der Waals surface area contributed by atoms with Crippen molar-refractivity contribution in [2.45, 2.75) is 32.3 Å². The molecule has 0 bridgehead atoms. The standard InChI is InChI=1S/C19H25FN2O5/c1-19(2,27-15-8-6-14(20)7-9-15)18(26)21(3)12-16(23)22-10-4-5-13(11-22)17(24)25/h6-9,13H,4-5,10-12H2,1-3H3,(H,24,25). The van der Waals surface area contributed by atoms with Crippen molar-refractivity contribution < 1.29 is 28.6 Å². The van der Waals surface area contributed by atoms with Gasteiger partial charge in [-0.15, -0.1) is 0 Å². The Hall–Kier alpha value is -2.64. The first kappa shape index (κ1) is 20.7. The Labute approximate surface area is 157 Å². The van der Waals surface area contributed by atoms with Crippen LogP contribution in [0.3, 0.4) is 0 Å². The van der Waals surface area contributed by atoms with Crippen LogP contribution in [-0.4, -0.2) is 65.0 Å². The minimum absolute atomic E-state index is 0.158. The fourth-order valence-electron chi connectivity index (χ4n) is 3.08. The van der Waals surface area contributed by atoms with E-state index in [0.717, 1.165) is 0 Å². The highest BCUT2D eigenvalue weighted by Gasteiger charge is 2.35. The molecule has 1 atom stereocenters. The maximum atomic E-state index is 13.0. The van der Waals surface area contributed by atoms with Crippen molar-refractivity contribution in [2.24, 2.45) is 5.92 Å². The molecule has 8 heteroatoms. The quantitative estimate of drug-likeness (QED) is 0.813. The molecule has 1 N–H and O–H groups in total. The minimum Gasteiger partial charge on any atom is -0.481 e. The molecule has 2 rings (SSSR count). The molecule has 7 nitrogen and oxygen atoms in total. The molecule has 0 radical (unpaired) electrons. The van der Waals surface area contributed by atoms with Crippen molar-refractivity contribution in [3.63, 3.8) is 0 Å². The molecule has 1 aromatic carbocycles. The van der Waals surface area contributed by atoms with Crippen LogP contribution in [0.4, 0.5) is 4.39 Å². The number of ether oxygens (including phenoxy) is 1. The molecule has 1 aliphatic heterocycles. The van der Waals surface area contributed by atoms with E-state index in [-0.39, 0.29) is 19.0 Å². The summed E-state index contributed by atoms with van der Waals surface area (Å²) in [6.07, 6.45) is 1.17. The number of carbonyl (C=O) groups excluding carboxylic acids is 2. The van der Waals surface area contributed by atoms with Gasteiger partial charge in [-0.3, -0.25) is 14.4 Å². The largest absolute Gasteiger partial charge is 0.481 e. The number of likely N-dealkylation sites (tertiary alicyclic amines) is 1.